The molecule has 66 valence electrons. The van der Waals surface area contributed by atoms with Crippen LogP contribution in [0, 0.1) is 0 Å². The van der Waals surface area contributed by atoms with Crippen molar-refractivity contribution in [3.05, 3.63) is 35.9 Å². The number of hydrogen-bond acceptors (Lipinski definition) is 2. The second-order valence-electron chi connectivity index (χ2n) is 2.63. The van der Waals surface area contributed by atoms with Gasteiger partial charge in [0, 0.05) is 0 Å². The van der Waals surface area contributed by atoms with Gasteiger partial charge in [-0.3, -0.25) is 4.79 Å². The molecule has 1 aromatic rings. The van der Waals surface area contributed by atoms with Crippen molar-refractivity contribution in [2.75, 3.05) is 0 Å². The van der Waals surface area contributed by atoms with E-state index in [1.807, 2.05) is 30.3 Å². The summed E-state index contributed by atoms with van der Waals surface area (Å²) >= 11 is 0. The van der Waals surface area contributed by atoms with Crippen LogP contribution in [0.3, 0.4) is 0 Å². The summed E-state index contributed by atoms with van der Waals surface area (Å²) in [6.07, 6.45) is 0.385. The molecule has 0 saturated carbocycles. The van der Waals surface area contributed by atoms with Gasteiger partial charge in [-0.05, 0) is 12.0 Å². The molecule has 1 aromatic carbocycles. The first-order valence-corrected chi connectivity index (χ1v) is 3.72. The summed E-state index contributed by atoms with van der Waals surface area (Å²) in [5, 5.41) is 8.52. The Balaban J connectivity index is 0.00000144. The monoisotopic (exact) mass is 251 g/mol. The van der Waals surface area contributed by atoms with Gasteiger partial charge in [0.25, 0.3) is 0 Å². The fourth-order valence-corrected chi connectivity index (χ4v) is 0.955. The van der Waals surface area contributed by atoms with Crippen LogP contribution in [0.25, 0.3) is 0 Å². The van der Waals surface area contributed by atoms with E-state index in [1.54, 1.807) is 0 Å². The predicted molar refractivity (Wildman–Crippen MR) is 52.9 cm³/mol. The topological polar surface area (TPSA) is 63.3 Å². The summed E-state index contributed by atoms with van der Waals surface area (Å²) in [7, 11) is 0. The number of carboxylic acids is 1. The summed E-state index contributed by atoms with van der Waals surface area (Å²) in [6, 6.07) is 8.54. The van der Waals surface area contributed by atoms with Gasteiger partial charge < -0.3 is 10.8 Å². The molecule has 0 aliphatic rings. The van der Waals surface area contributed by atoms with Crippen LogP contribution in [0.5, 0.6) is 0 Å². The Bertz CT molecular complexity index is 264. The quantitative estimate of drug-likeness (QED) is 0.795. The third-order valence-electron chi connectivity index (χ3n) is 1.62. The number of carbonyl (C=O) groups is 1. The number of benzene rings is 1. The summed E-state index contributed by atoms with van der Waals surface area (Å²) in [5.74, 6) is -0.959. The zero-order valence-corrected chi connectivity index (χ0v) is 6.60. The number of rotatable bonds is 3. The van der Waals surface area contributed by atoms with E-state index in [1.165, 1.54) is 0 Å². The van der Waals surface area contributed by atoms with E-state index in [0.717, 1.165) is 5.56 Å². The van der Waals surface area contributed by atoms with E-state index in [0.29, 0.717) is 6.42 Å². The summed E-state index contributed by atoms with van der Waals surface area (Å²) in [6.45, 7) is 0. The minimum atomic E-state index is -0.959. The maximum atomic E-state index is 10.4. The predicted octanol–water partition coefficient (Wildman–Crippen LogP) is -0.00750. The van der Waals surface area contributed by atoms with Gasteiger partial charge in [0.1, 0.15) is 6.04 Å². The Morgan fingerprint density at radius 3 is 2.38 bits per heavy atom. The van der Waals surface area contributed by atoms with Crippen LogP contribution in [0.15, 0.2) is 30.3 Å². The molecule has 3 N–H and O–H groups in total. The van der Waals surface area contributed by atoms with E-state index in [2.05, 4.69) is 0 Å². The van der Waals surface area contributed by atoms with Gasteiger partial charge in [-0.25, -0.2) is 0 Å². The second kappa shape index (κ2) is 6.84. The molecule has 0 aliphatic heterocycles. The molecule has 0 unspecified atom stereocenters. The Labute approximate surface area is 126 Å². The van der Waals surface area contributed by atoms with Gasteiger partial charge in [-0.15, -0.1) is 0 Å². The van der Waals surface area contributed by atoms with E-state index >= 15 is 0 Å². The SMILES string of the molecule is N[C@H](Cc1ccccc1)C(=O)O.[RbH]. The van der Waals surface area contributed by atoms with Gasteiger partial charge in [0.2, 0.25) is 0 Å². The first-order chi connectivity index (χ1) is 5.70. The summed E-state index contributed by atoms with van der Waals surface area (Å²) < 4.78 is 0. The van der Waals surface area contributed by atoms with Gasteiger partial charge in [0.15, 0.2) is 0 Å². The molecule has 1 atom stereocenters. The molecule has 0 spiro atoms. The van der Waals surface area contributed by atoms with Crippen LogP contribution in [0.2, 0.25) is 0 Å². The molecule has 1 rings (SSSR count). The third kappa shape index (κ3) is 5.03. The molecule has 0 saturated heterocycles. The van der Waals surface area contributed by atoms with Gasteiger partial charge >= 0.3 is 64.2 Å². The third-order valence-corrected chi connectivity index (χ3v) is 1.62. The van der Waals surface area contributed by atoms with Crippen molar-refractivity contribution >= 4 is 64.2 Å². The van der Waals surface area contributed by atoms with Crippen molar-refractivity contribution < 1.29 is 9.90 Å². The summed E-state index contributed by atoms with van der Waals surface area (Å²) in [4.78, 5) is 10.4. The fourth-order valence-electron chi connectivity index (χ4n) is 0.955. The molecule has 0 bridgehead atoms. The zero-order chi connectivity index (χ0) is 8.97. The number of carboxylic acid groups (broad SMARTS) is 1. The van der Waals surface area contributed by atoms with Crippen molar-refractivity contribution in [3.8, 4) is 0 Å². The fraction of sp³-hybridized carbons (Fsp3) is 0.222. The molecule has 0 amide bonds. The molecule has 4 heteroatoms. The van der Waals surface area contributed by atoms with E-state index in [-0.39, 0.29) is 58.2 Å². The molecule has 0 aliphatic carbocycles. The Kier molecular flexibility index (Phi) is 7.08. The zero-order valence-electron chi connectivity index (χ0n) is 6.60. The molecule has 13 heavy (non-hydrogen) atoms. The van der Waals surface area contributed by atoms with Crippen molar-refractivity contribution in [1.82, 2.24) is 0 Å². The average molecular weight is 252 g/mol. The summed E-state index contributed by atoms with van der Waals surface area (Å²) in [5.41, 5.74) is 6.30. The first kappa shape index (κ1) is 13.5. The van der Waals surface area contributed by atoms with E-state index in [4.69, 9.17) is 10.8 Å². The Morgan fingerprint density at radius 1 is 1.38 bits per heavy atom. The van der Waals surface area contributed by atoms with E-state index in [9.17, 15) is 4.79 Å². The van der Waals surface area contributed by atoms with Crippen LogP contribution in [-0.2, 0) is 11.2 Å². The van der Waals surface area contributed by atoms with Crippen LogP contribution < -0.4 is 5.73 Å². The number of nitrogens with two attached hydrogens (primary N) is 1. The van der Waals surface area contributed by atoms with Crippen LogP contribution in [-0.4, -0.2) is 75.3 Å². The molecular weight excluding hydrogens is 240 g/mol. The van der Waals surface area contributed by atoms with Crippen LogP contribution >= 0.6 is 0 Å². The molecule has 0 heterocycles. The standard InChI is InChI=1S/C9H11NO2.Rb.H/c10-8(9(11)12)6-7-4-2-1-3-5-7;;/h1-5,8H,6,10H2,(H,11,12);;/t8-;;/m1../s1. The van der Waals surface area contributed by atoms with Crippen LogP contribution in [0.1, 0.15) is 5.56 Å². The second-order valence-corrected chi connectivity index (χ2v) is 2.63. The number of aliphatic carboxylic acids is 1. The minimum absolute atomic E-state index is 0. The van der Waals surface area contributed by atoms with Crippen molar-refractivity contribution in [2.45, 2.75) is 12.5 Å². The first-order valence-electron chi connectivity index (χ1n) is 3.72. The Morgan fingerprint density at radius 2 is 1.92 bits per heavy atom. The van der Waals surface area contributed by atoms with Gasteiger partial charge in [-0.1, -0.05) is 30.3 Å². The molecule has 0 radical (unpaired) electrons. The van der Waals surface area contributed by atoms with Gasteiger partial charge in [0.05, 0.1) is 0 Å². The van der Waals surface area contributed by atoms with Crippen molar-refractivity contribution in [3.63, 3.8) is 0 Å². The molecule has 3 nitrogen and oxygen atoms in total. The van der Waals surface area contributed by atoms with Crippen molar-refractivity contribution in [1.29, 1.82) is 0 Å². The average Bonchev–Trinajstić information content (AvgIpc) is 2.06. The molecule has 0 aromatic heterocycles. The van der Waals surface area contributed by atoms with E-state index < -0.39 is 12.0 Å². The molecule has 0 fully saturated rings. The Hall–Kier alpha value is 0.455. The maximum absolute atomic E-state index is 10.4. The van der Waals surface area contributed by atoms with Gasteiger partial charge in [-0.2, -0.15) is 0 Å². The number of hydrogen-bond donors (Lipinski definition) is 2. The molecular formula is C9H12NO2Rb. The van der Waals surface area contributed by atoms with Crippen molar-refractivity contribution in [2.24, 2.45) is 5.73 Å². The normalized spacial score (nSPS) is 11.5. The van der Waals surface area contributed by atoms with Crippen LogP contribution in [0.4, 0.5) is 0 Å².